The molecule has 0 amide bonds. The Labute approximate surface area is 155 Å². The van der Waals surface area contributed by atoms with E-state index in [4.69, 9.17) is 14.5 Å². The van der Waals surface area contributed by atoms with Gasteiger partial charge in [0.05, 0.1) is 5.69 Å². The first-order valence-electron chi connectivity index (χ1n) is 9.06. The largest absolute Gasteiger partial charge is 0.486 e. The number of fused-ring (bicyclic) bond motifs is 3. The molecule has 0 N–H and O–H groups in total. The number of rotatable bonds is 2. The lowest BCUT2D eigenvalue weighted by Crippen LogP contribution is -2.35. The second-order valence-electron chi connectivity index (χ2n) is 7.26. The van der Waals surface area contributed by atoms with Crippen LogP contribution in [0.4, 0.5) is 0 Å². The van der Waals surface area contributed by atoms with Crippen LogP contribution in [-0.4, -0.2) is 29.8 Å². The first kappa shape index (κ1) is 16.0. The molecule has 5 nitrogen and oxygen atoms in total. The van der Waals surface area contributed by atoms with Crippen LogP contribution in [0, 0.1) is 18.8 Å². The molecule has 3 aliphatic rings. The van der Waals surface area contributed by atoms with Gasteiger partial charge in [-0.05, 0) is 44.4 Å². The summed E-state index contributed by atoms with van der Waals surface area (Å²) in [7, 11) is 0. The number of benzene rings is 1. The lowest BCUT2D eigenvalue weighted by Gasteiger charge is -2.24. The molecule has 2 aromatic rings. The third kappa shape index (κ3) is 2.39. The Morgan fingerprint density at radius 2 is 1.73 bits per heavy atom. The Hall–Kier alpha value is -2.21. The first-order valence-corrected chi connectivity index (χ1v) is 9.88. The van der Waals surface area contributed by atoms with E-state index in [1.54, 1.807) is 0 Å². The molecule has 6 heteroatoms. The minimum absolute atomic E-state index is 0.0431. The minimum atomic E-state index is -0.663. The average Bonchev–Trinajstić information content (AvgIpc) is 3.26. The summed E-state index contributed by atoms with van der Waals surface area (Å²) in [5.41, 5.74) is 1.58. The highest BCUT2D eigenvalue weighted by molar-refractivity contribution is 7.15. The molecule has 3 atom stereocenters. The molecule has 0 spiro atoms. The maximum Gasteiger partial charge on any atom is 0.162 e. The van der Waals surface area contributed by atoms with Gasteiger partial charge < -0.3 is 9.47 Å². The normalized spacial score (nSPS) is 27.0. The molecular formula is C20H19NO4S. The number of carbonyl (C=O) groups excluding carboxylic acids is 2. The van der Waals surface area contributed by atoms with Gasteiger partial charge in [0.15, 0.2) is 23.1 Å². The number of Topliss-reactive ketones (excluding diaryl/α,β-unsaturated/α-hetero) is 2. The number of aromatic nitrogens is 1. The highest BCUT2D eigenvalue weighted by atomic mass is 32.1. The van der Waals surface area contributed by atoms with Crippen molar-refractivity contribution in [2.45, 2.75) is 32.1 Å². The molecular weight excluding hydrogens is 350 g/mol. The van der Waals surface area contributed by atoms with Gasteiger partial charge in [-0.15, -0.1) is 11.3 Å². The summed E-state index contributed by atoms with van der Waals surface area (Å²) in [5, 5.41) is 0.813. The highest BCUT2D eigenvalue weighted by Gasteiger charge is 2.48. The fourth-order valence-corrected chi connectivity index (χ4v) is 5.30. The number of hydrogen-bond donors (Lipinski definition) is 0. The zero-order valence-electron chi connectivity index (χ0n) is 14.5. The fraction of sp³-hybridized carbons (Fsp3) is 0.450. The minimum Gasteiger partial charge on any atom is -0.486 e. The molecule has 2 aliphatic carbocycles. The maximum absolute atomic E-state index is 12.8. The molecule has 26 heavy (non-hydrogen) atoms. The Morgan fingerprint density at radius 3 is 2.46 bits per heavy atom. The van der Waals surface area contributed by atoms with Gasteiger partial charge in [0.1, 0.15) is 24.1 Å². The van der Waals surface area contributed by atoms with E-state index >= 15 is 0 Å². The van der Waals surface area contributed by atoms with Gasteiger partial charge in [0.25, 0.3) is 0 Å². The third-order valence-electron chi connectivity index (χ3n) is 5.70. The van der Waals surface area contributed by atoms with Crippen molar-refractivity contribution in [2.24, 2.45) is 11.8 Å². The Morgan fingerprint density at radius 1 is 1.04 bits per heavy atom. The van der Waals surface area contributed by atoms with Crippen LogP contribution in [0.1, 0.15) is 35.8 Å². The van der Waals surface area contributed by atoms with Crippen molar-refractivity contribution in [1.29, 1.82) is 0 Å². The predicted molar refractivity (Wildman–Crippen MR) is 96.9 cm³/mol. The van der Waals surface area contributed by atoms with Crippen LogP contribution in [0.2, 0.25) is 0 Å². The average molecular weight is 369 g/mol. The number of ketones is 2. The highest BCUT2D eigenvalue weighted by Crippen LogP contribution is 2.45. The summed E-state index contributed by atoms with van der Waals surface area (Å²) in [5.74, 6) is 1.03. The van der Waals surface area contributed by atoms with E-state index in [9.17, 15) is 9.59 Å². The van der Waals surface area contributed by atoms with Crippen molar-refractivity contribution in [2.75, 3.05) is 13.2 Å². The lowest BCUT2D eigenvalue weighted by atomic mass is 9.77. The van der Waals surface area contributed by atoms with Gasteiger partial charge in [-0.25, -0.2) is 4.98 Å². The van der Waals surface area contributed by atoms with Crippen LogP contribution in [0.3, 0.4) is 0 Å². The Bertz CT molecular complexity index is 897. The van der Waals surface area contributed by atoms with Crippen molar-refractivity contribution >= 4 is 22.9 Å². The second-order valence-corrected chi connectivity index (χ2v) is 8.47. The fourth-order valence-electron chi connectivity index (χ4n) is 4.36. The molecule has 1 aromatic heterocycles. The van der Waals surface area contributed by atoms with Crippen LogP contribution >= 0.6 is 11.3 Å². The van der Waals surface area contributed by atoms with E-state index in [1.807, 2.05) is 25.1 Å². The lowest BCUT2D eigenvalue weighted by molar-refractivity contribution is -0.136. The van der Waals surface area contributed by atoms with Crippen LogP contribution in [-0.2, 0) is 9.59 Å². The zero-order valence-corrected chi connectivity index (χ0v) is 15.3. The number of thiazole rings is 1. The van der Waals surface area contributed by atoms with Crippen molar-refractivity contribution in [3.05, 3.63) is 28.8 Å². The standard InChI is InChI=1S/C20H19NO4S/c1-10-17(16-18(22)11-2-3-12(8-11)19(16)23)21-20(26-10)13-4-5-14-15(9-13)25-7-6-24-14/h4-5,9,11-12,16H,2-3,6-8H2,1H3/t11-,12?,16?/m0/s1. The van der Waals surface area contributed by atoms with Gasteiger partial charge in [-0.2, -0.15) is 0 Å². The van der Waals surface area contributed by atoms with E-state index in [-0.39, 0.29) is 23.4 Å². The molecule has 134 valence electrons. The van der Waals surface area contributed by atoms with Gasteiger partial charge >= 0.3 is 0 Å². The molecule has 1 aliphatic heterocycles. The number of hydrogen-bond acceptors (Lipinski definition) is 6. The van der Waals surface area contributed by atoms with Crippen LogP contribution < -0.4 is 9.47 Å². The molecule has 2 unspecified atom stereocenters. The summed E-state index contributed by atoms with van der Waals surface area (Å²) in [6.07, 6.45) is 2.44. The molecule has 0 radical (unpaired) electrons. The van der Waals surface area contributed by atoms with Crippen molar-refractivity contribution in [3.63, 3.8) is 0 Å². The van der Waals surface area contributed by atoms with Gasteiger partial charge in [0, 0.05) is 22.3 Å². The van der Waals surface area contributed by atoms with Crippen molar-refractivity contribution < 1.29 is 19.1 Å². The van der Waals surface area contributed by atoms with Gasteiger partial charge in [-0.3, -0.25) is 9.59 Å². The smallest absolute Gasteiger partial charge is 0.162 e. The van der Waals surface area contributed by atoms with E-state index in [0.717, 1.165) is 40.5 Å². The summed E-state index contributed by atoms with van der Waals surface area (Å²) in [6.45, 7) is 3.04. The molecule has 2 heterocycles. The van der Waals surface area contributed by atoms with E-state index in [0.29, 0.717) is 24.7 Å². The SMILES string of the molecule is Cc1sc(-c2ccc3c(c2)OCCO3)nc1C1C(=O)C2CC[C@@H](C2)C1=O. The number of ether oxygens (including phenoxy) is 2. The molecule has 2 saturated carbocycles. The maximum atomic E-state index is 12.8. The van der Waals surface area contributed by atoms with Crippen LogP contribution in [0.15, 0.2) is 18.2 Å². The van der Waals surface area contributed by atoms with Crippen LogP contribution in [0.5, 0.6) is 11.5 Å². The third-order valence-corrected chi connectivity index (χ3v) is 6.74. The topological polar surface area (TPSA) is 65.5 Å². The van der Waals surface area contributed by atoms with Crippen molar-refractivity contribution in [3.8, 4) is 22.1 Å². The first-order chi connectivity index (χ1) is 12.6. The van der Waals surface area contributed by atoms with E-state index < -0.39 is 5.92 Å². The molecule has 2 fully saturated rings. The molecule has 5 rings (SSSR count). The summed E-state index contributed by atoms with van der Waals surface area (Å²) in [4.78, 5) is 31.3. The number of aryl methyl sites for hydroxylation is 1. The number of nitrogens with zero attached hydrogens (tertiary/aromatic N) is 1. The van der Waals surface area contributed by atoms with E-state index in [1.165, 1.54) is 11.3 Å². The monoisotopic (exact) mass is 369 g/mol. The summed E-state index contributed by atoms with van der Waals surface area (Å²) < 4.78 is 11.2. The summed E-state index contributed by atoms with van der Waals surface area (Å²) >= 11 is 1.53. The van der Waals surface area contributed by atoms with Gasteiger partial charge in [-0.1, -0.05) is 0 Å². The quantitative estimate of drug-likeness (QED) is 0.758. The Kier molecular flexibility index (Phi) is 3.64. The zero-order chi connectivity index (χ0) is 17.8. The van der Waals surface area contributed by atoms with E-state index in [2.05, 4.69) is 0 Å². The second kappa shape index (κ2) is 5.91. The molecule has 1 aromatic carbocycles. The Balaban J connectivity index is 1.52. The van der Waals surface area contributed by atoms with Crippen LogP contribution in [0.25, 0.3) is 10.6 Å². The molecule has 0 saturated heterocycles. The van der Waals surface area contributed by atoms with Gasteiger partial charge in [0.2, 0.25) is 0 Å². The number of carbonyl (C=O) groups is 2. The van der Waals surface area contributed by atoms with Crippen molar-refractivity contribution in [1.82, 2.24) is 4.98 Å². The summed E-state index contributed by atoms with van der Waals surface area (Å²) in [6, 6.07) is 5.76. The molecule has 2 bridgehead atoms. The predicted octanol–water partition coefficient (Wildman–Crippen LogP) is 3.54.